The zero-order chi connectivity index (χ0) is 20.2. The number of pyridine rings is 1. The smallest absolute Gasteiger partial charge is 0.241 e. The van der Waals surface area contributed by atoms with Crippen LogP contribution < -0.4 is 16.2 Å². The number of carbonyl (C=O) groups is 2. The molecule has 2 aliphatic heterocycles. The van der Waals surface area contributed by atoms with Crippen molar-refractivity contribution in [1.29, 1.82) is 0 Å². The van der Waals surface area contributed by atoms with Crippen molar-refractivity contribution in [3.63, 3.8) is 0 Å². The Bertz CT molecular complexity index is 870. The molecule has 8 heteroatoms. The first-order chi connectivity index (χ1) is 14.1. The van der Waals surface area contributed by atoms with Crippen molar-refractivity contribution in [2.45, 2.75) is 31.3 Å². The van der Waals surface area contributed by atoms with Crippen LogP contribution in [0.1, 0.15) is 30.9 Å². The minimum atomic E-state index is -0.257. The third-order valence-corrected chi connectivity index (χ3v) is 6.05. The summed E-state index contributed by atoms with van der Waals surface area (Å²) in [5.41, 5.74) is 8.17. The van der Waals surface area contributed by atoms with Gasteiger partial charge in [-0.25, -0.2) is 10.9 Å². The number of piperidine rings is 1. The maximum absolute atomic E-state index is 12.9. The van der Waals surface area contributed by atoms with Crippen LogP contribution in [0.3, 0.4) is 0 Å². The molecule has 29 heavy (non-hydrogen) atoms. The third-order valence-electron chi connectivity index (χ3n) is 5.56. The number of carbonyl (C=O) groups excluding carboxylic acids is 2. The minimum absolute atomic E-state index is 0.0208. The summed E-state index contributed by atoms with van der Waals surface area (Å²) in [5, 5.41) is 2.97. The Morgan fingerprint density at radius 1 is 1.14 bits per heavy atom. The molecule has 2 saturated heterocycles. The molecule has 2 atom stereocenters. The van der Waals surface area contributed by atoms with Crippen molar-refractivity contribution < 1.29 is 9.59 Å². The summed E-state index contributed by atoms with van der Waals surface area (Å²) in [4.78, 5) is 31.5. The molecule has 1 aromatic carbocycles. The van der Waals surface area contributed by atoms with Crippen LogP contribution >= 0.6 is 15.9 Å². The molecule has 2 amide bonds. The van der Waals surface area contributed by atoms with Crippen LogP contribution in [0.2, 0.25) is 0 Å². The molecule has 0 aliphatic carbocycles. The van der Waals surface area contributed by atoms with E-state index < -0.39 is 0 Å². The molecule has 7 nitrogen and oxygen atoms in total. The van der Waals surface area contributed by atoms with E-state index in [0.717, 1.165) is 15.7 Å². The van der Waals surface area contributed by atoms with E-state index in [0.29, 0.717) is 32.4 Å². The van der Waals surface area contributed by atoms with Crippen molar-refractivity contribution in [3.8, 4) is 0 Å². The van der Waals surface area contributed by atoms with Gasteiger partial charge in [0.15, 0.2) is 0 Å². The molecule has 2 unspecified atom stereocenters. The Morgan fingerprint density at radius 3 is 2.69 bits per heavy atom. The van der Waals surface area contributed by atoms with Gasteiger partial charge in [0.05, 0.1) is 0 Å². The van der Waals surface area contributed by atoms with Crippen molar-refractivity contribution in [1.82, 2.24) is 20.7 Å². The molecule has 3 N–H and O–H groups in total. The molecule has 2 aromatic rings. The monoisotopic (exact) mass is 457 g/mol. The molecule has 0 spiro atoms. The normalized spacial score (nSPS) is 22.4. The van der Waals surface area contributed by atoms with Gasteiger partial charge < -0.3 is 10.2 Å². The van der Waals surface area contributed by atoms with Gasteiger partial charge >= 0.3 is 0 Å². The van der Waals surface area contributed by atoms with E-state index in [1.54, 1.807) is 6.20 Å². The van der Waals surface area contributed by atoms with E-state index >= 15 is 0 Å². The van der Waals surface area contributed by atoms with E-state index in [9.17, 15) is 9.59 Å². The largest absolute Gasteiger partial charge is 0.341 e. The van der Waals surface area contributed by atoms with Gasteiger partial charge in [-0.1, -0.05) is 28.1 Å². The minimum Gasteiger partial charge on any atom is -0.341 e. The molecule has 1 aromatic heterocycles. The number of aromatic nitrogens is 1. The number of benzene rings is 1. The van der Waals surface area contributed by atoms with E-state index in [1.807, 2.05) is 47.5 Å². The summed E-state index contributed by atoms with van der Waals surface area (Å²) in [6.07, 6.45) is 5.61. The highest BCUT2D eigenvalue weighted by atomic mass is 79.9. The molecule has 2 aliphatic rings. The standard InChI is InChI=1S/C21H24BrN5O2/c22-16-4-1-5-17(11-16)24-20(28)14-6-9-27(10-7-14)21(29)19-12-18(25-26-19)15-3-2-8-23-13-15/h1-5,8,11,13-14,18-19,25-26H,6-7,9-10,12H2,(H,24,28). The summed E-state index contributed by atoms with van der Waals surface area (Å²) in [6.45, 7) is 1.20. The lowest BCUT2D eigenvalue weighted by molar-refractivity contribution is -0.136. The zero-order valence-corrected chi connectivity index (χ0v) is 17.6. The number of nitrogens with zero attached hydrogens (tertiary/aromatic N) is 2. The SMILES string of the molecule is O=C(Nc1cccc(Br)c1)C1CCN(C(=O)C2CC(c3cccnc3)NN2)CC1. The van der Waals surface area contributed by atoms with E-state index in [1.165, 1.54) is 0 Å². The fourth-order valence-corrected chi connectivity index (χ4v) is 4.31. The van der Waals surface area contributed by atoms with Gasteiger partial charge in [0.1, 0.15) is 6.04 Å². The fourth-order valence-electron chi connectivity index (χ4n) is 3.91. The number of hydrogen-bond acceptors (Lipinski definition) is 5. The lowest BCUT2D eigenvalue weighted by Gasteiger charge is -2.32. The van der Waals surface area contributed by atoms with E-state index in [4.69, 9.17) is 0 Å². The fraction of sp³-hybridized carbons (Fsp3) is 0.381. The van der Waals surface area contributed by atoms with Crippen molar-refractivity contribution in [2.24, 2.45) is 5.92 Å². The van der Waals surface area contributed by atoms with Gasteiger partial charge in [-0.2, -0.15) is 0 Å². The average Bonchev–Trinajstić information content (AvgIpc) is 3.24. The van der Waals surface area contributed by atoms with Gasteiger partial charge in [-0.05, 0) is 49.1 Å². The van der Waals surface area contributed by atoms with Crippen LogP contribution in [-0.4, -0.2) is 40.8 Å². The number of nitrogens with one attached hydrogen (secondary N) is 3. The molecule has 2 fully saturated rings. The second kappa shape index (κ2) is 9.02. The lowest BCUT2D eigenvalue weighted by atomic mass is 9.94. The third kappa shape index (κ3) is 4.83. The van der Waals surface area contributed by atoms with Crippen molar-refractivity contribution in [2.75, 3.05) is 18.4 Å². The highest BCUT2D eigenvalue weighted by molar-refractivity contribution is 9.10. The molecule has 0 saturated carbocycles. The molecular formula is C21H24BrN5O2. The Labute approximate surface area is 178 Å². The van der Waals surface area contributed by atoms with Gasteiger partial charge in [-0.15, -0.1) is 0 Å². The Balaban J connectivity index is 1.27. The highest BCUT2D eigenvalue weighted by Gasteiger charge is 2.35. The highest BCUT2D eigenvalue weighted by Crippen LogP contribution is 2.25. The number of hydrazine groups is 1. The summed E-state index contributed by atoms with van der Waals surface area (Å²) < 4.78 is 0.929. The molecule has 4 rings (SSSR count). The van der Waals surface area contributed by atoms with Gasteiger partial charge in [-0.3, -0.25) is 14.6 Å². The Kier molecular flexibility index (Phi) is 6.22. The zero-order valence-electron chi connectivity index (χ0n) is 16.0. The van der Waals surface area contributed by atoms with Crippen LogP contribution in [0.4, 0.5) is 5.69 Å². The number of amides is 2. The molecule has 3 heterocycles. The van der Waals surface area contributed by atoms with Gasteiger partial charge in [0.25, 0.3) is 0 Å². The lowest BCUT2D eigenvalue weighted by Crippen LogP contribution is -2.49. The second-order valence-electron chi connectivity index (χ2n) is 7.52. The first kappa shape index (κ1) is 20.0. The topological polar surface area (TPSA) is 86.4 Å². The Morgan fingerprint density at radius 2 is 1.97 bits per heavy atom. The molecular weight excluding hydrogens is 434 g/mol. The predicted molar refractivity (Wildman–Crippen MR) is 114 cm³/mol. The summed E-state index contributed by atoms with van der Waals surface area (Å²) in [6, 6.07) is 11.3. The van der Waals surface area contributed by atoms with Crippen molar-refractivity contribution >= 4 is 33.4 Å². The molecule has 0 radical (unpaired) electrons. The summed E-state index contributed by atoms with van der Waals surface area (Å²) >= 11 is 3.41. The second-order valence-corrected chi connectivity index (χ2v) is 8.43. The van der Waals surface area contributed by atoms with Crippen molar-refractivity contribution in [3.05, 3.63) is 58.8 Å². The molecule has 0 bridgehead atoms. The first-order valence-corrected chi connectivity index (χ1v) is 10.7. The van der Waals surface area contributed by atoms with Crippen LogP contribution in [0.5, 0.6) is 0 Å². The molecule has 152 valence electrons. The quantitative estimate of drug-likeness (QED) is 0.656. The number of halogens is 1. The van der Waals surface area contributed by atoms with Crippen LogP contribution in [0, 0.1) is 5.92 Å². The van der Waals surface area contributed by atoms with Crippen LogP contribution in [0.25, 0.3) is 0 Å². The van der Waals surface area contributed by atoms with E-state index in [2.05, 4.69) is 37.1 Å². The number of anilines is 1. The summed E-state index contributed by atoms with van der Waals surface area (Å²) in [7, 11) is 0. The summed E-state index contributed by atoms with van der Waals surface area (Å²) in [5.74, 6) is 0.0399. The van der Waals surface area contributed by atoms with Crippen LogP contribution in [0.15, 0.2) is 53.3 Å². The number of likely N-dealkylation sites (tertiary alicyclic amines) is 1. The Hall–Kier alpha value is -2.29. The average molecular weight is 458 g/mol. The van der Waals surface area contributed by atoms with E-state index in [-0.39, 0.29) is 29.8 Å². The maximum atomic E-state index is 12.9. The predicted octanol–water partition coefficient (Wildman–Crippen LogP) is 2.63. The number of hydrogen-bond donors (Lipinski definition) is 3. The maximum Gasteiger partial charge on any atom is 0.241 e. The van der Waals surface area contributed by atoms with Gasteiger partial charge in [0, 0.05) is 47.6 Å². The number of rotatable bonds is 4. The van der Waals surface area contributed by atoms with Crippen LogP contribution in [-0.2, 0) is 9.59 Å². The van der Waals surface area contributed by atoms with Gasteiger partial charge in [0.2, 0.25) is 11.8 Å². The first-order valence-electron chi connectivity index (χ1n) is 9.86.